The number of primary amides is 2. The number of rotatable bonds is 5. The summed E-state index contributed by atoms with van der Waals surface area (Å²) in [6, 6.07) is 7.68. The first-order valence-electron chi connectivity index (χ1n) is 5.75. The highest BCUT2D eigenvalue weighted by molar-refractivity contribution is 6.12. The van der Waals surface area contributed by atoms with Crippen molar-refractivity contribution in [2.75, 3.05) is 0 Å². The number of hydrazone groups is 2. The van der Waals surface area contributed by atoms with Gasteiger partial charge in [0.05, 0.1) is 5.71 Å². The van der Waals surface area contributed by atoms with Crippen LogP contribution in [0.2, 0.25) is 0 Å². The zero-order valence-corrected chi connectivity index (χ0v) is 11.0. The minimum Gasteiger partial charge on any atom is -0.350 e. The molecule has 0 bridgehead atoms. The standard InChI is InChI=1S/C12H16N6O2/c1-8(15-17-11(13)19)7-10(16-18-12(14)20)9-5-3-2-4-6-9/h2-6H,7H2,1H3,(H3,13,17,19)(H3,14,18,20)/b15-8+,16-10-. The Morgan fingerprint density at radius 1 is 1.05 bits per heavy atom. The van der Waals surface area contributed by atoms with E-state index >= 15 is 0 Å². The molecule has 8 heteroatoms. The van der Waals surface area contributed by atoms with Crippen LogP contribution in [0.3, 0.4) is 0 Å². The van der Waals surface area contributed by atoms with Crippen LogP contribution in [0, 0.1) is 0 Å². The van der Waals surface area contributed by atoms with Gasteiger partial charge in [0, 0.05) is 12.1 Å². The van der Waals surface area contributed by atoms with E-state index < -0.39 is 12.1 Å². The number of carbonyl (C=O) groups is 2. The number of nitrogens with one attached hydrogen (secondary N) is 2. The zero-order chi connectivity index (χ0) is 15.0. The van der Waals surface area contributed by atoms with Crippen LogP contribution in [0.1, 0.15) is 18.9 Å². The Morgan fingerprint density at radius 3 is 2.15 bits per heavy atom. The van der Waals surface area contributed by atoms with Crippen LogP contribution in [0.15, 0.2) is 40.5 Å². The van der Waals surface area contributed by atoms with Crippen LogP contribution in [0.5, 0.6) is 0 Å². The maximum absolute atomic E-state index is 10.7. The highest BCUT2D eigenvalue weighted by Gasteiger charge is 2.06. The Kier molecular flexibility index (Phi) is 5.70. The van der Waals surface area contributed by atoms with Gasteiger partial charge in [-0.15, -0.1) is 0 Å². The third kappa shape index (κ3) is 5.63. The molecule has 1 rings (SSSR count). The van der Waals surface area contributed by atoms with Crippen molar-refractivity contribution < 1.29 is 9.59 Å². The molecule has 0 spiro atoms. The van der Waals surface area contributed by atoms with Crippen LogP contribution in [0.25, 0.3) is 0 Å². The summed E-state index contributed by atoms with van der Waals surface area (Å²) in [6.07, 6.45) is 0.310. The summed E-state index contributed by atoms with van der Waals surface area (Å²) in [7, 11) is 0. The molecule has 6 N–H and O–H groups in total. The maximum Gasteiger partial charge on any atom is 0.332 e. The van der Waals surface area contributed by atoms with E-state index in [1.54, 1.807) is 6.92 Å². The Labute approximate surface area is 115 Å². The Bertz CT molecular complexity index is 538. The van der Waals surface area contributed by atoms with Crippen molar-refractivity contribution in [1.82, 2.24) is 10.9 Å². The smallest absolute Gasteiger partial charge is 0.332 e. The van der Waals surface area contributed by atoms with Gasteiger partial charge in [-0.05, 0) is 12.5 Å². The average molecular weight is 276 g/mol. The molecule has 106 valence electrons. The lowest BCUT2D eigenvalue weighted by atomic mass is 10.1. The van der Waals surface area contributed by atoms with Crippen molar-refractivity contribution in [1.29, 1.82) is 0 Å². The van der Waals surface area contributed by atoms with Gasteiger partial charge in [0.1, 0.15) is 0 Å². The predicted molar refractivity (Wildman–Crippen MR) is 76.1 cm³/mol. The van der Waals surface area contributed by atoms with Gasteiger partial charge in [-0.1, -0.05) is 30.3 Å². The Hall–Kier alpha value is -2.90. The number of carbonyl (C=O) groups excluding carboxylic acids is 2. The molecule has 0 aliphatic heterocycles. The summed E-state index contributed by atoms with van der Waals surface area (Å²) in [5.41, 5.74) is 16.1. The van der Waals surface area contributed by atoms with E-state index in [0.717, 1.165) is 5.56 Å². The molecular formula is C12H16N6O2. The molecule has 0 heterocycles. The van der Waals surface area contributed by atoms with Crippen molar-refractivity contribution in [2.45, 2.75) is 13.3 Å². The second kappa shape index (κ2) is 7.52. The Morgan fingerprint density at radius 2 is 1.60 bits per heavy atom. The number of nitrogens with zero attached hydrogens (tertiary/aromatic N) is 2. The summed E-state index contributed by atoms with van der Waals surface area (Å²) >= 11 is 0. The fourth-order valence-electron chi connectivity index (χ4n) is 1.39. The molecule has 0 aliphatic carbocycles. The van der Waals surface area contributed by atoms with Gasteiger partial charge in [0.25, 0.3) is 0 Å². The first kappa shape index (κ1) is 15.2. The predicted octanol–water partition coefficient (Wildman–Crippen LogP) is 0.493. The van der Waals surface area contributed by atoms with Crippen LogP contribution >= 0.6 is 0 Å². The molecule has 8 nitrogen and oxygen atoms in total. The third-order valence-electron chi connectivity index (χ3n) is 2.19. The van der Waals surface area contributed by atoms with Crippen molar-refractivity contribution in [2.24, 2.45) is 21.7 Å². The van der Waals surface area contributed by atoms with Gasteiger partial charge < -0.3 is 11.5 Å². The highest BCUT2D eigenvalue weighted by atomic mass is 16.2. The fourth-order valence-corrected chi connectivity index (χ4v) is 1.39. The van der Waals surface area contributed by atoms with Crippen molar-refractivity contribution in [3.05, 3.63) is 35.9 Å². The molecule has 0 fully saturated rings. The summed E-state index contributed by atoms with van der Waals surface area (Å²) in [5, 5.41) is 7.71. The van der Waals surface area contributed by atoms with Crippen molar-refractivity contribution >= 4 is 23.5 Å². The second-order valence-corrected chi connectivity index (χ2v) is 3.90. The van der Waals surface area contributed by atoms with Crippen molar-refractivity contribution in [3.8, 4) is 0 Å². The summed E-state index contributed by atoms with van der Waals surface area (Å²) < 4.78 is 0. The minimum atomic E-state index is -0.761. The quantitative estimate of drug-likeness (QED) is 0.460. The lowest BCUT2D eigenvalue weighted by Gasteiger charge is -2.07. The Balaban J connectivity index is 2.89. The maximum atomic E-state index is 10.7. The topological polar surface area (TPSA) is 135 Å². The second-order valence-electron chi connectivity index (χ2n) is 3.90. The minimum absolute atomic E-state index is 0.310. The fraction of sp³-hybridized carbons (Fsp3) is 0.167. The van der Waals surface area contributed by atoms with E-state index in [0.29, 0.717) is 17.8 Å². The molecular weight excluding hydrogens is 260 g/mol. The van der Waals surface area contributed by atoms with Crippen LogP contribution in [0.4, 0.5) is 9.59 Å². The average Bonchev–Trinajstić information content (AvgIpc) is 2.42. The van der Waals surface area contributed by atoms with E-state index in [-0.39, 0.29) is 0 Å². The number of hydrogen-bond acceptors (Lipinski definition) is 4. The van der Waals surface area contributed by atoms with E-state index in [9.17, 15) is 9.59 Å². The molecule has 0 radical (unpaired) electrons. The van der Waals surface area contributed by atoms with E-state index in [1.165, 1.54) is 0 Å². The molecule has 0 unspecified atom stereocenters. The molecule has 0 saturated heterocycles. The summed E-state index contributed by atoms with van der Waals surface area (Å²) in [6.45, 7) is 1.69. The van der Waals surface area contributed by atoms with Gasteiger partial charge in [0.2, 0.25) is 0 Å². The van der Waals surface area contributed by atoms with Crippen LogP contribution in [-0.4, -0.2) is 23.5 Å². The van der Waals surface area contributed by atoms with Crippen LogP contribution in [-0.2, 0) is 0 Å². The molecule has 0 aliphatic rings. The number of urea groups is 2. The molecule has 20 heavy (non-hydrogen) atoms. The summed E-state index contributed by atoms with van der Waals surface area (Å²) in [5.74, 6) is 0. The monoisotopic (exact) mass is 276 g/mol. The van der Waals surface area contributed by atoms with Gasteiger partial charge in [-0.3, -0.25) is 0 Å². The third-order valence-corrected chi connectivity index (χ3v) is 2.19. The molecule has 0 saturated carbocycles. The van der Waals surface area contributed by atoms with Gasteiger partial charge >= 0.3 is 12.1 Å². The molecule has 0 aromatic heterocycles. The van der Waals surface area contributed by atoms with Gasteiger partial charge in [0.15, 0.2) is 0 Å². The molecule has 1 aromatic carbocycles. The van der Waals surface area contributed by atoms with E-state index in [4.69, 9.17) is 11.5 Å². The van der Waals surface area contributed by atoms with Crippen molar-refractivity contribution in [3.63, 3.8) is 0 Å². The van der Waals surface area contributed by atoms with Gasteiger partial charge in [-0.2, -0.15) is 10.2 Å². The highest BCUT2D eigenvalue weighted by Crippen LogP contribution is 2.05. The van der Waals surface area contributed by atoms with Gasteiger partial charge in [-0.25, -0.2) is 20.4 Å². The largest absolute Gasteiger partial charge is 0.350 e. The summed E-state index contributed by atoms with van der Waals surface area (Å²) in [4.78, 5) is 21.3. The molecule has 4 amide bonds. The number of hydrogen-bond donors (Lipinski definition) is 4. The first-order chi connectivity index (χ1) is 9.49. The zero-order valence-electron chi connectivity index (χ0n) is 11.0. The lowest BCUT2D eigenvalue weighted by molar-refractivity contribution is 0.248. The normalized spacial score (nSPS) is 11.8. The first-order valence-corrected chi connectivity index (χ1v) is 5.75. The lowest BCUT2D eigenvalue weighted by Crippen LogP contribution is -2.27. The number of nitrogens with two attached hydrogens (primary N) is 2. The number of amides is 4. The molecule has 1 aromatic rings. The van der Waals surface area contributed by atoms with Crippen LogP contribution < -0.4 is 22.3 Å². The SMILES string of the molecule is C/C(C/C(=N/NC(N)=O)c1ccccc1)=N\NC(N)=O. The number of benzene rings is 1. The van der Waals surface area contributed by atoms with E-state index in [1.807, 2.05) is 30.3 Å². The van der Waals surface area contributed by atoms with E-state index in [2.05, 4.69) is 21.1 Å². The molecule has 0 atom stereocenters.